The van der Waals surface area contributed by atoms with Crippen LogP contribution in [-0.2, 0) is 10.0 Å². The maximum atomic E-state index is 12.2. The summed E-state index contributed by atoms with van der Waals surface area (Å²) in [5.74, 6) is 0.555. The molecule has 0 aliphatic carbocycles. The summed E-state index contributed by atoms with van der Waals surface area (Å²) in [6, 6.07) is 5.58. The van der Waals surface area contributed by atoms with Crippen LogP contribution in [0.1, 0.15) is 30.3 Å². The van der Waals surface area contributed by atoms with Crippen LogP contribution in [0.5, 0.6) is 0 Å². The molecular weight excluding hydrogens is 400 g/mol. The molecule has 0 fully saturated rings. The second-order valence-corrected chi connectivity index (χ2v) is 8.96. The van der Waals surface area contributed by atoms with Crippen molar-refractivity contribution in [2.45, 2.75) is 31.6 Å². The zero-order valence-electron chi connectivity index (χ0n) is 12.8. The molecule has 8 heteroatoms. The molecule has 0 radical (unpaired) electrons. The van der Waals surface area contributed by atoms with Crippen LogP contribution in [0.15, 0.2) is 32.1 Å². The number of nitrogens with zero attached hydrogens (tertiary/aromatic N) is 1. The Balaban J connectivity index is 2.48. The third-order valence-electron chi connectivity index (χ3n) is 3.54. The average Bonchev–Trinajstić information content (AvgIpc) is 3.00. The summed E-state index contributed by atoms with van der Waals surface area (Å²) < 4.78 is 31.4. The Kier molecular flexibility index (Phi) is 4.12. The van der Waals surface area contributed by atoms with Crippen LogP contribution in [-0.4, -0.2) is 13.6 Å². The Morgan fingerprint density at radius 2 is 2.04 bits per heavy atom. The molecule has 3 rings (SSSR count). The number of hydrogen-bond donors (Lipinski definition) is 1. The third kappa shape index (κ3) is 2.73. The summed E-state index contributed by atoms with van der Waals surface area (Å²) in [7, 11) is -3.87. The molecule has 0 aliphatic heterocycles. The van der Waals surface area contributed by atoms with Crippen molar-refractivity contribution in [2.75, 3.05) is 0 Å². The number of halogens is 1. The highest BCUT2D eigenvalue weighted by molar-refractivity contribution is 9.10. The molecule has 5 nitrogen and oxygen atoms in total. The normalized spacial score (nSPS) is 12.4. The van der Waals surface area contributed by atoms with Gasteiger partial charge in [0.05, 0.1) is 10.2 Å². The van der Waals surface area contributed by atoms with Crippen molar-refractivity contribution in [2.24, 2.45) is 5.14 Å². The van der Waals surface area contributed by atoms with Crippen LogP contribution < -0.4 is 5.14 Å². The standard InChI is InChI=1S/C15H15BrN2O3S2/c1-7(2)14-15(23(17,19)20)11-9(5-4-6-10(11)22-14)13-12(16)8(3)18-21-13/h4-7H,1-3H3,(H2,17,19,20). The maximum Gasteiger partial charge on any atom is 0.239 e. The van der Waals surface area contributed by atoms with Gasteiger partial charge in [-0.3, -0.25) is 0 Å². The molecule has 2 N–H and O–H groups in total. The molecule has 2 heterocycles. The van der Waals surface area contributed by atoms with E-state index in [0.29, 0.717) is 26.9 Å². The SMILES string of the molecule is Cc1noc(-c2cccc3sc(C(C)C)c(S(N)(=O)=O)c23)c1Br. The molecule has 0 bridgehead atoms. The molecule has 23 heavy (non-hydrogen) atoms. The predicted molar refractivity (Wildman–Crippen MR) is 95.2 cm³/mol. The Morgan fingerprint density at radius 1 is 1.35 bits per heavy atom. The summed E-state index contributed by atoms with van der Waals surface area (Å²) in [5.41, 5.74) is 1.37. The lowest BCUT2D eigenvalue weighted by molar-refractivity contribution is 0.427. The Labute approximate surface area is 146 Å². The number of benzene rings is 1. The fourth-order valence-electron chi connectivity index (χ4n) is 2.52. The Hall–Kier alpha value is -1.22. The quantitative estimate of drug-likeness (QED) is 0.687. The number of nitrogens with two attached hydrogens (primary N) is 1. The first-order chi connectivity index (χ1) is 10.7. The van der Waals surface area contributed by atoms with Gasteiger partial charge in [-0.05, 0) is 34.8 Å². The van der Waals surface area contributed by atoms with Gasteiger partial charge < -0.3 is 4.52 Å². The lowest BCUT2D eigenvalue weighted by Crippen LogP contribution is -2.14. The van der Waals surface area contributed by atoms with Crippen LogP contribution in [0.4, 0.5) is 0 Å². The van der Waals surface area contributed by atoms with Gasteiger partial charge in [0.2, 0.25) is 10.0 Å². The van der Waals surface area contributed by atoms with E-state index >= 15 is 0 Å². The lowest BCUT2D eigenvalue weighted by atomic mass is 10.1. The Bertz CT molecular complexity index is 1000. The molecule has 0 unspecified atom stereocenters. The molecule has 0 saturated carbocycles. The van der Waals surface area contributed by atoms with Gasteiger partial charge >= 0.3 is 0 Å². The van der Waals surface area contributed by atoms with Crippen LogP contribution in [0.2, 0.25) is 0 Å². The van der Waals surface area contributed by atoms with Gasteiger partial charge in [0.1, 0.15) is 4.90 Å². The van der Waals surface area contributed by atoms with E-state index in [0.717, 1.165) is 9.58 Å². The van der Waals surface area contributed by atoms with Crippen LogP contribution >= 0.6 is 27.3 Å². The summed E-state index contributed by atoms with van der Waals surface area (Å²) in [6.07, 6.45) is 0. The molecular formula is C15H15BrN2O3S2. The number of primary sulfonamides is 1. The second-order valence-electron chi connectivity index (χ2n) is 5.58. The number of aryl methyl sites for hydroxylation is 1. The predicted octanol–water partition coefficient (Wildman–Crippen LogP) is 4.40. The summed E-state index contributed by atoms with van der Waals surface area (Å²) in [5, 5.41) is 10.0. The summed E-state index contributed by atoms with van der Waals surface area (Å²) >= 11 is 4.89. The number of aromatic nitrogens is 1. The fourth-order valence-corrected chi connectivity index (χ4v) is 5.56. The first kappa shape index (κ1) is 16.6. The highest BCUT2D eigenvalue weighted by atomic mass is 79.9. The Morgan fingerprint density at radius 3 is 2.57 bits per heavy atom. The van der Waals surface area contributed by atoms with Crippen molar-refractivity contribution in [3.8, 4) is 11.3 Å². The smallest absolute Gasteiger partial charge is 0.239 e. The molecule has 0 aliphatic rings. The zero-order valence-corrected chi connectivity index (χ0v) is 16.0. The molecule has 1 aromatic carbocycles. The zero-order chi connectivity index (χ0) is 16.9. The molecule has 0 amide bonds. The van der Waals surface area contributed by atoms with Crippen LogP contribution in [0.25, 0.3) is 21.4 Å². The van der Waals surface area contributed by atoms with Crippen molar-refractivity contribution in [1.82, 2.24) is 5.16 Å². The summed E-state index contributed by atoms with van der Waals surface area (Å²) in [4.78, 5) is 0.936. The molecule has 3 aromatic rings. The van der Waals surface area contributed by atoms with E-state index in [-0.39, 0.29) is 10.8 Å². The average molecular weight is 415 g/mol. The maximum absolute atomic E-state index is 12.2. The van der Waals surface area contributed by atoms with Crippen LogP contribution in [0.3, 0.4) is 0 Å². The van der Waals surface area contributed by atoms with E-state index in [4.69, 9.17) is 9.66 Å². The second kappa shape index (κ2) is 5.70. The number of thiophene rings is 1. The van der Waals surface area contributed by atoms with E-state index in [1.807, 2.05) is 39.0 Å². The minimum atomic E-state index is -3.87. The minimum absolute atomic E-state index is 0.0495. The molecule has 0 spiro atoms. The number of fused-ring (bicyclic) bond motifs is 1. The lowest BCUT2D eigenvalue weighted by Gasteiger charge is -2.07. The fraction of sp³-hybridized carbons (Fsp3) is 0.267. The summed E-state index contributed by atoms with van der Waals surface area (Å²) in [6.45, 7) is 5.71. The molecule has 0 saturated heterocycles. The van der Waals surface area contributed by atoms with Crippen molar-refractivity contribution < 1.29 is 12.9 Å². The molecule has 0 atom stereocenters. The van der Waals surface area contributed by atoms with Crippen molar-refractivity contribution in [1.29, 1.82) is 0 Å². The van der Waals surface area contributed by atoms with E-state index in [1.165, 1.54) is 11.3 Å². The van der Waals surface area contributed by atoms with Crippen molar-refractivity contribution in [3.05, 3.63) is 33.2 Å². The van der Waals surface area contributed by atoms with Gasteiger partial charge in [-0.2, -0.15) is 0 Å². The van der Waals surface area contributed by atoms with Gasteiger partial charge in [-0.25, -0.2) is 13.6 Å². The molecule has 2 aromatic heterocycles. The first-order valence-corrected chi connectivity index (χ1v) is 10.1. The first-order valence-electron chi connectivity index (χ1n) is 6.92. The van der Waals surface area contributed by atoms with Crippen LogP contribution in [0, 0.1) is 6.92 Å². The van der Waals surface area contributed by atoms with Gasteiger partial charge in [0.25, 0.3) is 0 Å². The number of hydrogen-bond acceptors (Lipinski definition) is 5. The minimum Gasteiger partial charge on any atom is -0.355 e. The monoisotopic (exact) mass is 414 g/mol. The third-order valence-corrected chi connectivity index (χ3v) is 7.05. The van der Waals surface area contributed by atoms with Gasteiger partial charge in [-0.1, -0.05) is 31.1 Å². The van der Waals surface area contributed by atoms with Crippen molar-refractivity contribution in [3.63, 3.8) is 0 Å². The highest BCUT2D eigenvalue weighted by Crippen LogP contribution is 2.44. The largest absolute Gasteiger partial charge is 0.355 e. The van der Waals surface area contributed by atoms with Gasteiger partial charge in [0, 0.05) is 20.5 Å². The van der Waals surface area contributed by atoms with E-state index in [1.54, 1.807) is 0 Å². The van der Waals surface area contributed by atoms with Crippen molar-refractivity contribution >= 4 is 47.4 Å². The van der Waals surface area contributed by atoms with Gasteiger partial charge in [-0.15, -0.1) is 11.3 Å². The molecule has 122 valence electrons. The van der Waals surface area contributed by atoms with E-state index < -0.39 is 10.0 Å². The van der Waals surface area contributed by atoms with E-state index in [9.17, 15) is 8.42 Å². The topological polar surface area (TPSA) is 86.2 Å². The van der Waals surface area contributed by atoms with E-state index in [2.05, 4.69) is 21.1 Å². The van der Waals surface area contributed by atoms with Gasteiger partial charge in [0.15, 0.2) is 5.76 Å². The highest BCUT2D eigenvalue weighted by Gasteiger charge is 2.27. The number of sulfonamides is 1. The number of rotatable bonds is 3.